The lowest BCUT2D eigenvalue weighted by molar-refractivity contribution is -0.137. The minimum absolute atomic E-state index is 0.0509. The van der Waals surface area contributed by atoms with E-state index in [1.807, 2.05) is 29.3 Å². The molecule has 2 aromatic heterocycles. The van der Waals surface area contributed by atoms with E-state index in [-0.39, 0.29) is 29.8 Å². The maximum atomic E-state index is 13.1. The summed E-state index contributed by atoms with van der Waals surface area (Å²) in [6.45, 7) is 1.84. The van der Waals surface area contributed by atoms with Crippen molar-refractivity contribution >= 4 is 26.7 Å². The monoisotopic (exact) mass is 422 g/mol. The largest absolute Gasteiger partial charge is 0.342 e. The molecule has 2 fully saturated rings. The number of amides is 1. The Morgan fingerprint density at radius 3 is 2.60 bits per heavy atom. The number of carbonyl (C=O) groups is 1. The highest BCUT2D eigenvalue weighted by Gasteiger charge is 2.43. The second kappa shape index (κ2) is 7.45. The third-order valence-corrected chi connectivity index (χ3v) is 8.00. The molecule has 154 valence electrons. The SMILES string of the molecule is O=C(C1CN(S(=O)(=O)c2cccc3cnccc23)C1)N1CCC(c2cccnc2)C1. The predicted molar refractivity (Wildman–Crippen MR) is 112 cm³/mol. The average molecular weight is 423 g/mol. The molecule has 1 amide bonds. The molecule has 1 aromatic carbocycles. The van der Waals surface area contributed by atoms with E-state index in [1.54, 1.807) is 36.8 Å². The fourth-order valence-corrected chi connectivity index (χ4v) is 6.10. The standard InChI is InChI=1S/C22H22N4O3S/c27-22(25-10-7-18(13-25)16-4-2-8-23-11-16)19-14-26(15-19)30(28,29)21-5-1-3-17-12-24-9-6-20(17)21/h1-6,8-9,11-12,18-19H,7,10,13-15H2. The first-order valence-corrected chi connectivity index (χ1v) is 11.5. The minimum Gasteiger partial charge on any atom is -0.342 e. The molecule has 0 spiro atoms. The van der Waals surface area contributed by atoms with Crippen molar-refractivity contribution in [3.63, 3.8) is 0 Å². The number of carbonyl (C=O) groups excluding carboxylic acids is 1. The third-order valence-electron chi connectivity index (χ3n) is 6.11. The molecule has 5 rings (SSSR count). The molecule has 30 heavy (non-hydrogen) atoms. The fourth-order valence-electron chi connectivity index (χ4n) is 4.36. The second-order valence-corrected chi connectivity index (χ2v) is 9.83. The van der Waals surface area contributed by atoms with E-state index in [9.17, 15) is 13.2 Å². The van der Waals surface area contributed by atoms with Gasteiger partial charge in [0, 0.05) is 67.7 Å². The Bertz CT molecular complexity index is 1190. The Hall–Kier alpha value is -2.84. The number of fused-ring (bicyclic) bond motifs is 1. The first kappa shape index (κ1) is 19.1. The normalized spacial score (nSPS) is 20.4. The minimum atomic E-state index is -3.65. The molecule has 4 heterocycles. The Labute approximate surface area is 175 Å². The highest BCUT2D eigenvalue weighted by Crippen LogP contribution is 2.33. The molecule has 8 heteroatoms. The van der Waals surface area contributed by atoms with E-state index in [0.29, 0.717) is 24.4 Å². The van der Waals surface area contributed by atoms with Crippen LogP contribution in [0.3, 0.4) is 0 Å². The smallest absolute Gasteiger partial charge is 0.243 e. The summed E-state index contributed by atoms with van der Waals surface area (Å²) in [5.74, 6) is 0.0749. The summed E-state index contributed by atoms with van der Waals surface area (Å²) in [4.78, 5) is 23.3. The van der Waals surface area contributed by atoms with Gasteiger partial charge in [0.05, 0.1) is 10.8 Å². The van der Waals surface area contributed by atoms with E-state index >= 15 is 0 Å². The van der Waals surface area contributed by atoms with Gasteiger partial charge in [-0.05, 0) is 30.2 Å². The van der Waals surface area contributed by atoms with Crippen LogP contribution in [0.25, 0.3) is 10.8 Å². The van der Waals surface area contributed by atoms with Crippen LogP contribution in [0.2, 0.25) is 0 Å². The molecule has 2 aliphatic rings. The fraction of sp³-hybridized carbons (Fsp3) is 0.318. The lowest BCUT2D eigenvalue weighted by atomic mass is 10.00. The van der Waals surface area contributed by atoms with E-state index in [0.717, 1.165) is 17.4 Å². The number of hydrogen-bond donors (Lipinski definition) is 0. The quantitative estimate of drug-likeness (QED) is 0.644. The van der Waals surface area contributed by atoms with Gasteiger partial charge in [-0.1, -0.05) is 18.2 Å². The van der Waals surface area contributed by atoms with Crippen LogP contribution in [0.4, 0.5) is 0 Å². The third kappa shape index (κ3) is 3.26. The highest BCUT2D eigenvalue weighted by molar-refractivity contribution is 7.89. The highest BCUT2D eigenvalue weighted by atomic mass is 32.2. The molecule has 0 N–H and O–H groups in total. The van der Waals surface area contributed by atoms with E-state index < -0.39 is 10.0 Å². The van der Waals surface area contributed by atoms with E-state index in [4.69, 9.17) is 0 Å². The molecule has 2 aliphatic heterocycles. The second-order valence-electron chi connectivity index (χ2n) is 7.93. The van der Waals surface area contributed by atoms with Gasteiger partial charge >= 0.3 is 0 Å². The Morgan fingerprint density at radius 1 is 0.967 bits per heavy atom. The zero-order valence-corrected chi connectivity index (χ0v) is 17.2. The van der Waals surface area contributed by atoms with Crippen molar-refractivity contribution in [2.75, 3.05) is 26.2 Å². The molecular weight excluding hydrogens is 400 g/mol. The van der Waals surface area contributed by atoms with Crippen LogP contribution >= 0.6 is 0 Å². The molecule has 0 aliphatic carbocycles. The summed E-state index contributed by atoms with van der Waals surface area (Å²) in [6, 6.07) is 10.9. The molecule has 3 aromatic rings. The van der Waals surface area contributed by atoms with Crippen LogP contribution in [-0.2, 0) is 14.8 Å². The zero-order valence-electron chi connectivity index (χ0n) is 16.4. The number of hydrogen-bond acceptors (Lipinski definition) is 5. The van der Waals surface area contributed by atoms with Crippen molar-refractivity contribution in [3.8, 4) is 0 Å². The van der Waals surface area contributed by atoms with E-state index in [2.05, 4.69) is 9.97 Å². The van der Waals surface area contributed by atoms with Crippen molar-refractivity contribution in [1.29, 1.82) is 0 Å². The molecule has 2 saturated heterocycles. The van der Waals surface area contributed by atoms with Gasteiger partial charge in [-0.3, -0.25) is 14.8 Å². The summed E-state index contributed by atoms with van der Waals surface area (Å²) in [5.41, 5.74) is 1.15. The summed E-state index contributed by atoms with van der Waals surface area (Å²) in [5, 5.41) is 1.44. The van der Waals surface area contributed by atoms with Gasteiger partial charge in [-0.25, -0.2) is 8.42 Å². The lowest BCUT2D eigenvalue weighted by Crippen LogP contribution is -2.56. The maximum Gasteiger partial charge on any atom is 0.243 e. The van der Waals surface area contributed by atoms with Crippen LogP contribution in [0.15, 0.2) is 66.1 Å². The topological polar surface area (TPSA) is 83.5 Å². The first-order chi connectivity index (χ1) is 14.5. The number of rotatable bonds is 4. The van der Waals surface area contributed by atoms with Crippen LogP contribution < -0.4 is 0 Å². The van der Waals surface area contributed by atoms with Gasteiger partial charge in [0.1, 0.15) is 0 Å². The van der Waals surface area contributed by atoms with Crippen molar-refractivity contribution in [3.05, 3.63) is 66.7 Å². The summed E-state index contributed by atoms with van der Waals surface area (Å²) in [7, 11) is -3.65. The molecule has 7 nitrogen and oxygen atoms in total. The van der Waals surface area contributed by atoms with Gasteiger partial charge in [-0.15, -0.1) is 0 Å². The molecule has 1 atom stereocenters. The number of aromatic nitrogens is 2. The van der Waals surface area contributed by atoms with Crippen LogP contribution in [0.5, 0.6) is 0 Å². The van der Waals surface area contributed by atoms with Gasteiger partial charge < -0.3 is 4.90 Å². The van der Waals surface area contributed by atoms with Crippen molar-refractivity contribution in [1.82, 2.24) is 19.2 Å². The lowest BCUT2D eigenvalue weighted by Gasteiger charge is -2.39. The Kier molecular flexibility index (Phi) is 4.75. The molecule has 0 saturated carbocycles. The Balaban J connectivity index is 1.26. The molecule has 0 bridgehead atoms. The summed E-state index contributed by atoms with van der Waals surface area (Å²) < 4.78 is 27.7. The van der Waals surface area contributed by atoms with Crippen molar-refractivity contribution in [2.24, 2.45) is 5.92 Å². The summed E-state index contributed by atoms with van der Waals surface area (Å²) >= 11 is 0. The van der Waals surface area contributed by atoms with Crippen LogP contribution in [0, 0.1) is 5.92 Å². The van der Waals surface area contributed by atoms with Gasteiger partial charge in [0.2, 0.25) is 15.9 Å². The van der Waals surface area contributed by atoms with E-state index in [1.165, 1.54) is 4.31 Å². The number of sulfonamides is 1. The summed E-state index contributed by atoms with van der Waals surface area (Å²) in [6.07, 6.45) is 7.77. The predicted octanol–water partition coefficient (Wildman–Crippen LogP) is 2.27. The van der Waals surface area contributed by atoms with Crippen LogP contribution in [0.1, 0.15) is 17.9 Å². The van der Waals surface area contributed by atoms with Gasteiger partial charge in [0.25, 0.3) is 0 Å². The number of likely N-dealkylation sites (tertiary alicyclic amines) is 1. The zero-order chi connectivity index (χ0) is 20.7. The average Bonchev–Trinajstić information content (AvgIpc) is 3.23. The van der Waals surface area contributed by atoms with Gasteiger partial charge in [0.15, 0.2) is 0 Å². The number of nitrogens with zero attached hydrogens (tertiary/aromatic N) is 4. The van der Waals surface area contributed by atoms with Crippen LogP contribution in [-0.4, -0.2) is 59.7 Å². The van der Waals surface area contributed by atoms with Crippen molar-refractivity contribution < 1.29 is 13.2 Å². The number of pyridine rings is 2. The molecular formula is C22H22N4O3S. The first-order valence-electron chi connectivity index (χ1n) is 10.1. The molecule has 0 radical (unpaired) electrons. The maximum absolute atomic E-state index is 13.1. The number of benzene rings is 1. The van der Waals surface area contributed by atoms with Gasteiger partial charge in [-0.2, -0.15) is 4.31 Å². The molecule has 1 unspecified atom stereocenters. The van der Waals surface area contributed by atoms with Crippen molar-refractivity contribution in [2.45, 2.75) is 17.2 Å². The Morgan fingerprint density at radius 2 is 1.80 bits per heavy atom.